The molecule has 0 saturated carbocycles. The van der Waals surface area contributed by atoms with Crippen molar-refractivity contribution in [2.24, 2.45) is 0 Å². The molecule has 0 aliphatic rings. The Morgan fingerprint density at radius 2 is 1.89 bits per heavy atom. The van der Waals surface area contributed by atoms with Crippen LogP contribution in [-0.2, 0) is 16.1 Å². The van der Waals surface area contributed by atoms with E-state index in [1.807, 2.05) is 45.0 Å². The Morgan fingerprint density at radius 1 is 1.14 bits per heavy atom. The minimum atomic E-state index is -0.560. The van der Waals surface area contributed by atoms with Gasteiger partial charge in [0.25, 0.3) is 5.91 Å². The summed E-state index contributed by atoms with van der Waals surface area (Å²) in [6.07, 6.45) is 0.515. The number of hydrogen-bond donors (Lipinski definition) is 1. The second-order valence-corrected chi connectivity index (χ2v) is 6.95. The highest BCUT2D eigenvalue weighted by molar-refractivity contribution is 6.30. The zero-order valence-electron chi connectivity index (χ0n) is 16.6. The number of amides is 2. The van der Waals surface area contributed by atoms with Crippen molar-refractivity contribution < 1.29 is 14.3 Å². The Labute approximate surface area is 171 Å². The number of nitrogens with zero attached hydrogens (tertiary/aromatic N) is 1. The predicted molar refractivity (Wildman–Crippen MR) is 111 cm³/mol. The van der Waals surface area contributed by atoms with Gasteiger partial charge in [-0.3, -0.25) is 9.59 Å². The standard InChI is InChI=1S/C22H27ClN2O3/c1-4-20(22(27)24-5-2)25(14-17-10-7-6-9-16(17)3)21(26)15-28-19-12-8-11-18(23)13-19/h6-13,20H,4-5,14-15H2,1-3H3,(H,24,27)/t20-/m0/s1. The van der Waals surface area contributed by atoms with Crippen LogP contribution in [0.3, 0.4) is 0 Å². The summed E-state index contributed by atoms with van der Waals surface area (Å²) in [5.41, 5.74) is 2.07. The van der Waals surface area contributed by atoms with Gasteiger partial charge in [-0.25, -0.2) is 0 Å². The zero-order chi connectivity index (χ0) is 20.5. The Hall–Kier alpha value is -2.53. The maximum absolute atomic E-state index is 13.0. The van der Waals surface area contributed by atoms with Crippen LogP contribution in [0.1, 0.15) is 31.4 Å². The molecule has 0 aliphatic carbocycles. The molecule has 0 aliphatic heterocycles. The molecule has 150 valence electrons. The number of likely N-dealkylation sites (N-methyl/N-ethyl adjacent to an activating group) is 1. The van der Waals surface area contributed by atoms with E-state index in [9.17, 15) is 9.59 Å². The lowest BCUT2D eigenvalue weighted by Gasteiger charge is -2.31. The number of rotatable bonds is 9. The summed E-state index contributed by atoms with van der Waals surface area (Å²) in [6.45, 7) is 6.45. The summed E-state index contributed by atoms with van der Waals surface area (Å²) in [5.74, 6) is 0.110. The lowest BCUT2D eigenvalue weighted by atomic mass is 10.1. The fourth-order valence-electron chi connectivity index (χ4n) is 2.97. The molecule has 0 saturated heterocycles. The monoisotopic (exact) mass is 402 g/mol. The molecule has 0 aromatic heterocycles. The second-order valence-electron chi connectivity index (χ2n) is 6.51. The SMILES string of the molecule is CCNC(=O)[C@H](CC)N(Cc1ccccc1C)C(=O)COc1cccc(Cl)c1. The highest BCUT2D eigenvalue weighted by Gasteiger charge is 2.28. The van der Waals surface area contributed by atoms with Crippen LogP contribution in [0.4, 0.5) is 0 Å². The predicted octanol–water partition coefficient (Wildman–Crippen LogP) is 3.97. The van der Waals surface area contributed by atoms with Gasteiger partial charge in [0.2, 0.25) is 5.91 Å². The lowest BCUT2D eigenvalue weighted by Crippen LogP contribution is -2.50. The summed E-state index contributed by atoms with van der Waals surface area (Å²) >= 11 is 5.97. The Balaban J connectivity index is 2.21. The molecule has 0 fully saturated rings. The van der Waals surface area contributed by atoms with Crippen LogP contribution in [0.15, 0.2) is 48.5 Å². The van der Waals surface area contributed by atoms with E-state index in [1.165, 1.54) is 0 Å². The maximum atomic E-state index is 13.0. The van der Waals surface area contributed by atoms with Gasteiger partial charge in [-0.05, 0) is 49.6 Å². The quantitative estimate of drug-likeness (QED) is 0.690. The topological polar surface area (TPSA) is 58.6 Å². The first-order valence-electron chi connectivity index (χ1n) is 9.46. The van der Waals surface area contributed by atoms with Gasteiger partial charge in [0, 0.05) is 18.1 Å². The first-order chi connectivity index (χ1) is 13.5. The van der Waals surface area contributed by atoms with Crippen molar-refractivity contribution in [1.82, 2.24) is 10.2 Å². The molecule has 2 rings (SSSR count). The Morgan fingerprint density at radius 3 is 2.54 bits per heavy atom. The third-order valence-corrected chi connectivity index (χ3v) is 4.73. The van der Waals surface area contributed by atoms with Crippen molar-refractivity contribution in [3.8, 4) is 5.75 Å². The van der Waals surface area contributed by atoms with Crippen LogP contribution in [0.25, 0.3) is 0 Å². The minimum Gasteiger partial charge on any atom is -0.484 e. The number of aryl methyl sites for hydroxylation is 1. The molecule has 2 aromatic carbocycles. The Bertz CT molecular complexity index is 810. The summed E-state index contributed by atoms with van der Waals surface area (Å²) in [4.78, 5) is 27.2. The fraction of sp³-hybridized carbons (Fsp3) is 0.364. The second kappa shape index (κ2) is 10.7. The Kier molecular flexibility index (Phi) is 8.33. The molecule has 0 radical (unpaired) electrons. The van der Waals surface area contributed by atoms with Crippen LogP contribution in [0.2, 0.25) is 5.02 Å². The van der Waals surface area contributed by atoms with Gasteiger partial charge in [0.15, 0.2) is 6.61 Å². The third kappa shape index (κ3) is 5.99. The van der Waals surface area contributed by atoms with Crippen LogP contribution in [0.5, 0.6) is 5.75 Å². The molecule has 1 atom stereocenters. The van der Waals surface area contributed by atoms with E-state index >= 15 is 0 Å². The summed E-state index contributed by atoms with van der Waals surface area (Å²) in [6, 6.07) is 14.2. The molecule has 1 N–H and O–H groups in total. The van der Waals surface area contributed by atoms with Crippen molar-refractivity contribution in [1.29, 1.82) is 0 Å². The number of carbonyl (C=O) groups is 2. The van der Waals surface area contributed by atoms with Crippen molar-refractivity contribution >= 4 is 23.4 Å². The van der Waals surface area contributed by atoms with E-state index in [-0.39, 0.29) is 18.4 Å². The number of ether oxygens (including phenoxy) is 1. The minimum absolute atomic E-state index is 0.158. The lowest BCUT2D eigenvalue weighted by molar-refractivity contribution is -0.142. The van der Waals surface area contributed by atoms with E-state index in [0.29, 0.717) is 30.3 Å². The van der Waals surface area contributed by atoms with E-state index in [0.717, 1.165) is 11.1 Å². The normalized spacial score (nSPS) is 11.6. The van der Waals surface area contributed by atoms with Crippen molar-refractivity contribution in [2.75, 3.05) is 13.2 Å². The molecule has 2 aromatic rings. The summed E-state index contributed by atoms with van der Waals surface area (Å²) in [7, 11) is 0. The van der Waals surface area contributed by atoms with E-state index in [1.54, 1.807) is 29.2 Å². The summed E-state index contributed by atoms with van der Waals surface area (Å²) < 4.78 is 5.62. The van der Waals surface area contributed by atoms with Crippen molar-refractivity contribution in [3.63, 3.8) is 0 Å². The van der Waals surface area contributed by atoms with Crippen molar-refractivity contribution in [2.45, 2.75) is 39.8 Å². The maximum Gasteiger partial charge on any atom is 0.261 e. The third-order valence-electron chi connectivity index (χ3n) is 4.50. The molecular formula is C22H27ClN2O3. The van der Waals surface area contributed by atoms with Gasteiger partial charge in [0.1, 0.15) is 11.8 Å². The van der Waals surface area contributed by atoms with Crippen LogP contribution in [0, 0.1) is 6.92 Å². The number of halogens is 1. The first-order valence-corrected chi connectivity index (χ1v) is 9.84. The average Bonchev–Trinajstić information content (AvgIpc) is 2.67. The van der Waals surface area contributed by atoms with Gasteiger partial charge in [-0.1, -0.05) is 48.9 Å². The summed E-state index contributed by atoms with van der Waals surface area (Å²) in [5, 5.41) is 3.36. The molecule has 0 unspecified atom stereocenters. The van der Waals surface area contributed by atoms with Crippen LogP contribution in [-0.4, -0.2) is 35.9 Å². The number of nitrogens with one attached hydrogen (secondary N) is 1. The zero-order valence-corrected chi connectivity index (χ0v) is 17.3. The van der Waals surface area contributed by atoms with Gasteiger partial charge in [-0.2, -0.15) is 0 Å². The molecule has 6 heteroatoms. The first kappa shape index (κ1) is 21.8. The smallest absolute Gasteiger partial charge is 0.261 e. The van der Waals surface area contributed by atoms with E-state index < -0.39 is 6.04 Å². The average molecular weight is 403 g/mol. The fourth-order valence-corrected chi connectivity index (χ4v) is 3.15. The highest BCUT2D eigenvalue weighted by Crippen LogP contribution is 2.19. The van der Waals surface area contributed by atoms with Gasteiger partial charge < -0.3 is 15.0 Å². The number of carbonyl (C=O) groups excluding carboxylic acids is 2. The van der Waals surface area contributed by atoms with Gasteiger partial charge >= 0.3 is 0 Å². The van der Waals surface area contributed by atoms with Crippen molar-refractivity contribution in [3.05, 3.63) is 64.7 Å². The van der Waals surface area contributed by atoms with Crippen LogP contribution >= 0.6 is 11.6 Å². The number of hydrogen-bond acceptors (Lipinski definition) is 3. The van der Waals surface area contributed by atoms with Gasteiger partial charge in [0.05, 0.1) is 0 Å². The molecule has 0 bridgehead atoms. The molecule has 0 heterocycles. The largest absolute Gasteiger partial charge is 0.484 e. The molecule has 5 nitrogen and oxygen atoms in total. The highest BCUT2D eigenvalue weighted by atomic mass is 35.5. The molecule has 28 heavy (non-hydrogen) atoms. The number of benzene rings is 2. The van der Waals surface area contributed by atoms with Gasteiger partial charge in [-0.15, -0.1) is 0 Å². The van der Waals surface area contributed by atoms with Crippen LogP contribution < -0.4 is 10.1 Å². The molecule has 0 spiro atoms. The van der Waals surface area contributed by atoms with E-state index in [4.69, 9.17) is 16.3 Å². The molecular weight excluding hydrogens is 376 g/mol. The van der Waals surface area contributed by atoms with E-state index in [2.05, 4.69) is 5.32 Å². The molecule has 2 amide bonds.